The van der Waals surface area contributed by atoms with E-state index in [1.807, 2.05) is 0 Å². The molecule has 1 aromatic heterocycles. The van der Waals surface area contributed by atoms with E-state index in [2.05, 4.69) is 10.6 Å². The first-order chi connectivity index (χ1) is 15.7. The van der Waals surface area contributed by atoms with Gasteiger partial charge in [-0.2, -0.15) is 0 Å². The van der Waals surface area contributed by atoms with Gasteiger partial charge in [-0.15, -0.1) is 0 Å². The summed E-state index contributed by atoms with van der Waals surface area (Å²) < 4.78 is 29.3. The quantitative estimate of drug-likeness (QED) is 0.539. The number of pyridine rings is 1. The van der Waals surface area contributed by atoms with E-state index in [0.29, 0.717) is 10.7 Å². The number of nitrogens with one attached hydrogen (secondary N) is 2. The third-order valence-electron chi connectivity index (χ3n) is 4.98. The highest BCUT2D eigenvalue weighted by molar-refractivity contribution is 6.31. The van der Waals surface area contributed by atoms with Gasteiger partial charge in [0, 0.05) is 17.3 Å². The second-order valence-electron chi connectivity index (χ2n) is 7.76. The summed E-state index contributed by atoms with van der Waals surface area (Å²) in [5.74, 6) is -4.08. The highest BCUT2D eigenvalue weighted by Crippen LogP contribution is 2.17. The van der Waals surface area contributed by atoms with E-state index in [0.717, 1.165) is 23.8 Å². The number of halogens is 3. The van der Waals surface area contributed by atoms with Crippen LogP contribution in [0.25, 0.3) is 0 Å². The molecule has 0 aliphatic rings. The molecule has 0 saturated carbocycles. The van der Waals surface area contributed by atoms with E-state index < -0.39 is 41.0 Å². The summed E-state index contributed by atoms with van der Waals surface area (Å²) in [5, 5.41) is 5.54. The van der Waals surface area contributed by atoms with E-state index in [1.165, 1.54) is 22.9 Å². The highest BCUT2D eigenvalue weighted by Gasteiger charge is 2.27. The summed E-state index contributed by atoms with van der Waals surface area (Å²) in [6.07, 6.45) is 1.46. The van der Waals surface area contributed by atoms with Crippen molar-refractivity contribution in [1.29, 1.82) is 0 Å². The minimum atomic E-state index is -1.08. The van der Waals surface area contributed by atoms with Gasteiger partial charge in [0.2, 0.25) is 5.91 Å². The number of anilines is 1. The second kappa shape index (κ2) is 10.4. The van der Waals surface area contributed by atoms with Crippen molar-refractivity contribution in [3.8, 4) is 0 Å². The number of carbonyl (C=O) groups excluding carboxylic acids is 2. The van der Waals surface area contributed by atoms with Crippen molar-refractivity contribution in [1.82, 2.24) is 9.88 Å². The van der Waals surface area contributed by atoms with Gasteiger partial charge in [0.1, 0.15) is 23.2 Å². The number of carbonyl (C=O) groups is 2. The SMILES string of the molecule is CC(C)[C@H](NC(=O)c1c(F)cccc1F)C(=O)Nc1ccc(=O)n(Cc2ccccc2Cl)c1. The van der Waals surface area contributed by atoms with Gasteiger partial charge in [-0.05, 0) is 35.7 Å². The Bertz CT molecular complexity index is 1220. The minimum Gasteiger partial charge on any atom is -0.340 e. The summed E-state index contributed by atoms with van der Waals surface area (Å²) in [5.41, 5.74) is -0.0199. The summed E-state index contributed by atoms with van der Waals surface area (Å²) >= 11 is 6.17. The number of nitrogens with zero attached hydrogens (tertiary/aromatic N) is 1. The lowest BCUT2D eigenvalue weighted by Gasteiger charge is -2.22. The molecule has 9 heteroatoms. The van der Waals surface area contributed by atoms with Gasteiger partial charge in [-0.1, -0.05) is 49.7 Å². The summed E-state index contributed by atoms with van der Waals surface area (Å²) in [6, 6.07) is 11.8. The largest absolute Gasteiger partial charge is 0.340 e. The zero-order valence-corrected chi connectivity index (χ0v) is 18.7. The summed E-state index contributed by atoms with van der Waals surface area (Å²) in [6.45, 7) is 3.56. The van der Waals surface area contributed by atoms with Crippen LogP contribution in [0, 0.1) is 17.6 Å². The van der Waals surface area contributed by atoms with Crippen LogP contribution in [0.4, 0.5) is 14.5 Å². The number of aromatic nitrogens is 1. The zero-order valence-electron chi connectivity index (χ0n) is 17.9. The molecule has 3 aromatic rings. The number of hydrogen-bond donors (Lipinski definition) is 2. The lowest BCUT2D eigenvalue weighted by molar-refractivity contribution is -0.118. The molecule has 3 rings (SSSR count). The summed E-state index contributed by atoms with van der Waals surface area (Å²) in [4.78, 5) is 37.6. The predicted molar refractivity (Wildman–Crippen MR) is 122 cm³/mol. The Morgan fingerprint density at radius 1 is 1.00 bits per heavy atom. The third kappa shape index (κ3) is 5.84. The number of amides is 2. The van der Waals surface area contributed by atoms with Crippen LogP contribution in [0.15, 0.2) is 65.6 Å². The molecule has 6 nitrogen and oxygen atoms in total. The highest BCUT2D eigenvalue weighted by atomic mass is 35.5. The first-order valence-electron chi connectivity index (χ1n) is 10.2. The maximum Gasteiger partial charge on any atom is 0.257 e. The van der Waals surface area contributed by atoms with Gasteiger partial charge in [-0.25, -0.2) is 8.78 Å². The fraction of sp³-hybridized carbons (Fsp3) is 0.208. The topological polar surface area (TPSA) is 80.2 Å². The Hall–Kier alpha value is -3.52. The zero-order chi connectivity index (χ0) is 24.1. The average Bonchev–Trinajstić information content (AvgIpc) is 2.75. The second-order valence-corrected chi connectivity index (χ2v) is 8.16. The van der Waals surface area contributed by atoms with Crippen LogP contribution < -0.4 is 16.2 Å². The van der Waals surface area contributed by atoms with Gasteiger partial charge in [-0.3, -0.25) is 14.4 Å². The first kappa shape index (κ1) is 24.1. The van der Waals surface area contributed by atoms with Crippen LogP contribution in [0.2, 0.25) is 5.02 Å². The van der Waals surface area contributed by atoms with E-state index in [-0.39, 0.29) is 12.1 Å². The molecule has 0 aliphatic carbocycles. The van der Waals surface area contributed by atoms with Crippen LogP contribution in [0.1, 0.15) is 29.8 Å². The standard InChI is InChI=1S/C24H22ClF2N3O3/c1-14(2)22(29-23(32)21-18(26)8-5-9-19(21)27)24(33)28-16-10-11-20(31)30(13-16)12-15-6-3-4-7-17(15)25/h3-11,13-14,22H,12H2,1-2H3,(H,28,33)(H,29,32)/t22-/m0/s1. The molecule has 0 fully saturated rings. The first-order valence-corrected chi connectivity index (χ1v) is 10.5. The van der Waals surface area contributed by atoms with E-state index in [4.69, 9.17) is 11.6 Å². The number of rotatable bonds is 7. The Morgan fingerprint density at radius 2 is 1.67 bits per heavy atom. The van der Waals surface area contributed by atoms with Crippen LogP contribution in [-0.4, -0.2) is 22.4 Å². The third-order valence-corrected chi connectivity index (χ3v) is 5.34. The molecule has 2 aromatic carbocycles. The molecular formula is C24H22ClF2N3O3. The van der Waals surface area contributed by atoms with Crippen molar-refractivity contribution >= 4 is 29.1 Å². The van der Waals surface area contributed by atoms with Gasteiger partial charge < -0.3 is 15.2 Å². The molecule has 0 radical (unpaired) electrons. The van der Waals surface area contributed by atoms with Crippen molar-refractivity contribution in [3.05, 3.63) is 98.9 Å². The molecule has 0 unspecified atom stereocenters. The van der Waals surface area contributed by atoms with Crippen LogP contribution in [-0.2, 0) is 11.3 Å². The lowest BCUT2D eigenvalue weighted by atomic mass is 10.0. The Kier molecular flexibility index (Phi) is 7.60. The monoisotopic (exact) mass is 473 g/mol. The normalized spacial score (nSPS) is 11.8. The summed E-state index contributed by atoms with van der Waals surface area (Å²) in [7, 11) is 0. The molecule has 172 valence electrons. The molecular weight excluding hydrogens is 452 g/mol. The van der Waals surface area contributed by atoms with Crippen LogP contribution in [0.5, 0.6) is 0 Å². The van der Waals surface area contributed by atoms with Crippen molar-refractivity contribution in [2.75, 3.05) is 5.32 Å². The molecule has 0 bridgehead atoms. The van der Waals surface area contributed by atoms with Crippen LogP contribution >= 0.6 is 11.6 Å². The van der Waals surface area contributed by atoms with Gasteiger partial charge in [0.05, 0.1) is 12.2 Å². The lowest BCUT2D eigenvalue weighted by Crippen LogP contribution is -2.47. The molecule has 0 spiro atoms. The fourth-order valence-electron chi connectivity index (χ4n) is 3.22. The van der Waals surface area contributed by atoms with Gasteiger partial charge in [0.25, 0.3) is 11.5 Å². The molecule has 33 heavy (non-hydrogen) atoms. The van der Waals surface area contributed by atoms with Crippen molar-refractivity contribution < 1.29 is 18.4 Å². The minimum absolute atomic E-state index is 0.194. The van der Waals surface area contributed by atoms with E-state index in [1.54, 1.807) is 38.1 Å². The molecule has 2 N–H and O–H groups in total. The smallest absolute Gasteiger partial charge is 0.257 e. The Balaban J connectivity index is 1.79. The van der Waals surface area contributed by atoms with E-state index >= 15 is 0 Å². The predicted octanol–water partition coefficient (Wildman–Crippen LogP) is 4.22. The maximum absolute atomic E-state index is 13.9. The van der Waals surface area contributed by atoms with Crippen molar-refractivity contribution in [2.45, 2.75) is 26.4 Å². The fourth-order valence-corrected chi connectivity index (χ4v) is 3.42. The van der Waals surface area contributed by atoms with Gasteiger partial charge >= 0.3 is 0 Å². The number of hydrogen-bond acceptors (Lipinski definition) is 3. The molecule has 0 aliphatic heterocycles. The average molecular weight is 474 g/mol. The Morgan fingerprint density at radius 3 is 2.30 bits per heavy atom. The molecule has 1 atom stereocenters. The molecule has 0 saturated heterocycles. The van der Waals surface area contributed by atoms with Crippen molar-refractivity contribution in [2.24, 2.45) is 5.92 Å². The molecule has 2 amide bonds. The number of benzene rings is 2. The van der Waals surface area contributed by atoms with Crippen molar-refractivity contribution in [3.63, 3.8) is 0 Å². The Labute approximate surface area is 194 Å². The van der Waals surface area contributed by atoms with Gasteiger partial charge in [0.15, 0.2) is 0 Å². The molecule has 1 heterocycles. The van der Waals surface area contributed by atoms with E-state index in [9.17, 15) is 23.2 Å². The maximum atomic E-state index is 13.9. The van der Waals surface area contributed by atoms with Crippen LogP contribution in [0.3, 0.4) is 0 Å².